The summed E-state index contributed by atoms with van der Waals surface area (Å²) in [5, 5.41) is 3.45. The van der Waals surface area contributed by atoms with Crippen LogP contribution in [0.5, 0.6) is 0 Å². The molecule has 3 aliphatic rings. The Morgan fingerprint density at radius 2 is 2.36 bits per heavy atom. The minimum Gasteiger partial charge on any atom is -0.366 e. The van der Waals surface area contributed by atoms with E-state index < -0.39 is 0 Å². The van der Waals surface area contributed by atoms with Crippen LogP contribution in [0.25, 0.3) is 0 Å². The summed E-state index contributed by atoms with van der Waals surface area (Å²) in [4.78, 5) is 2.58. The Bertz CT molecular complexity index is 325. The van der Waals surface area contributed by atoms with Crippen molar-refractivity contribution in [3.63, 3.8) is 0 Å². The predicted octanol–water partition coefficient (Wildman–Crippen LogP) is 1.43. The van der Waals surface area contributed by atoms with Crippen LogP contribution in [-0.4, -0.2) is 30.6 Å². The lowest BCUT2D eigenvalue weighted by atomic mass is 10.0. The van der Waals surface area contributed by atoms with Crippen molar-refractivity contribution in [3.05, 3.63) is 35.6 Å². The highest BCUT2D eigenvalue weighted by Crippen LogP contribution is 2.33. The van der Waals surface area contributed by atoms with E-state index in [1.807, 2.05) is 0 Å². The van der Waals surface area contributed by atoms with Gasteiger partial charge in [0.2, 0.25) is 0 Å². The monoisotopic (exact) mass is 188 g/mol. The first-order chi connectivity index (χ1) is 6.95. The molecule has 1 fully saturated rings. The van der Waals surface area contributed by atoms with Gasteiger partial charge in [0.15, 0.2) is 0 Å². The van der Waals surface area contributed by atoms with Crippen LogP contribution in [0.15, 0.2) is 35.6 Å². The zero-order valence-corrected chi connectivity index (χ0v) is 8.37. The van der Waals surface area contributed by atoms with Crippen LogP contribution in [-0.2, 0) is 0 Å². The normalized spacial score (nSPS) is 30.3. The molecule has 2 nitrogen and oxygen atoms in total. The van der Waals surface area contributed by atoms with Gasteiger partial charge in [-0.1, -0.05) is 18.2 Å². The molecule has 3 rings (SSSR count). The Labute approximate surface area is 85.0 Å². The van der Waals surface area contributed by atoms with Gasteiger partial charge in [0.1, 0.15) is 0 Å². The van der Waals surface area contributed by atoms with Crippen molar-refractivity contribution >= 4 is 0 Å². The van der Waals surface area contributed by atoms with Gasteiger partial charge in [-0.3, -0.25) is 0 Å². The molecule has 1 atom stereocenters. The molecule has 0 saturated carbocycles. The number of hydrogen-bond acceptors (Lipinski definition) is 2. The molecule has 0 aromatic heterocycles. The number of rotatable bonds is 0. The summed E-state index contributed by atoms with van der Waals surface area (Å²) in [6.45, 7) is 3.43. The van der Waals surface area contributed by atoms with E-state index in [0.717, 1.165) is 13.1 Å². The first kappa shape index (κ1) is 8.30. The molecule has 2 heterocycles. The summed E-state index contributed by atoms with van der Waals surface area (Å²) in [7, 11) is 0. The molecule has 74 valence electrons. The number of hydrogen-bond donors (Lipinski definition) is 1. The zero-order valence-electron chi connectivity index (χ0n) is 8.37. The molecule has 2 aliphatic heterocycles. The molecule has 1 unspecified atom stereocenters. The van der Waals surface area contributed by atoms with Crippen molar-refractivity contribution in [3.8, 4) is 0 Å². The second kappa shape index (κ2) is 3.28. The van der Waals surface area contributed by atoms with Crippen molar-refractivity contribution in [2.24, 2.45) is 0 Å². The largest absolute Gasteiger partial charge is 0.366 e. The third-order valence-electron chi connectivity index (χ3n) is 3.33. The summed E-state index contributed by atoms with van der Waals surface area (Å²) in [6.07, 6.45) is 11.5. The highest BCUT2D eigenvalue weighted by molar-refractivity contribution is 5.41. The van der Waals surface area contributed by atoms with Gasteiger partial charge in [-0.2, -0.15) is 0 Å². The molecule has 0 bridgehead atoms. The average molecular weight is 188 g/mol. The number of allylic oxidation sites excluding steroid dienone is 2. The van der Waals surface area contributed by atoms with E-state index in [1.54, 1.807) is 0 Å². The van der Waals surface area contributed by atoms with E-state index in [2.05, 4.69) is 34.5 Å². The van der Waals surface area contributed by atoms with Crippen LogP contribution in [0.1, 0.15) is 12.8 Å². The van der Waals surface area contributed by atoms with E-state index in [-0.39, 0.29) is 0 Å². The summed E-state index contributed by atoms with van der Waals surface area (Å²) in [6, 6.07) is 0.648. The van der Waals surface area contributed by atoms with Crippen LogP contribution >= 0.6 is 0 Å². The molecule has 0 aromatic carbocycles. The van der Waals surface area contributed by atoms with E-state index in [9.17, 15) is 0 Å². The van der Waals surface area contributed by atoms with Gasteiger partial charge in [0, 0.05) is 25.3 Å². The SMILES string of the molecule is C1=CCC2C(=C1)C=C1CCNCCN12. The number of nitrogens with one attached hydrogen (secondary N) is 1. The van der Waals surface area contributed by atoms with Crippen LogP contribution in [0, 0.1) is 0 Å². The maximum absolute atomic E-state index is 3.45. The van der Waals surface area contributed by atoms with Gasteiger partial charge in [0.25, 0.3) is 0 Å². The van der Waals surface area contributed by atoms with Gasteiger partial charge < -0.3 is 10.2 Å². The minimum absolute atomic E-state index is 0.648. The lowest BCUT2D eigenvalue weighted by Crippen LogP contribution is -2.34. The summed E-state index contributed by atoms with van der Waals surface area (Å²) in [5.74, 6) is 0. The van der Waals surface area contributed by atoms with Gasteiger partial charge in [-0.05, 0) is 24.5 Å². The molecule has 14 heavy (non-hydrogen) atoms. The molecule has 1 N–H and O–H groups in total. The molecule has 0 radical (unpaired) electrons. The van der Waals surface area contributed by atoms with E-state index in [4.69, 9.17) is 0 Å². The fourth-order valence-electron chi connectivity index (χ4n) is 2.62. The van der Waals surface area contributed by atoms with Crippen molar-refractivity contribution < 1.29 is 0 Å². The molecule has 0 aromatic rings. The first-order valence-corrected chi connectivity index (χ1v) is 5.50. The van der Waals surface area contributed by atoms with Gasteiger partial charge in [0.05, 0.1) is 6.04 Å². The number of nitrogens with zero attached hydrogens (tertiary/aromatic N) is 1. The standard InChI is InChI=1S/C12H16N2/c1-2-4-12-10(3-1)9-11-5-6-13-7-8-14(11)12/h1-3,9,12-13H,4-8H2. The molecule has 0 amide bonds. The second-order valence-electron chi connectivity index (χ2n) is 4.18. The van der Waals surface area contributed by atoms with E-state index in [1.165, 1.54) is 30.7 Å². The first-order valence-electron chi connectivity index (χ1n) is 5.50. The van der Waals surface area contributed by atoms with Gasteiger partial charge in [-0.15, -0.1) is 0 Å². The van der Waals surface area contributed by atoms with E-state index >= 15 is 0 Å². The topological polar surface area (TPSA) is 15.3 Å². The Morgan fingerprint density at radius 1 is 1.36 bits per heavy atom. The van der Waals surface area contributed by atoms with Crippen molar-refractivity contribution in [2.45, 2.75) is 18.9 Å². The smallest absolute Gasteiger partial charge is 0.0575 e. The van der Waals surface area contributed by atoms with Crippen LogP contribution < -0.4 is 5.32 Å². The lowest BCUT2D eigenvalue weighted by molar-refractivity contribution is 0.309. The van der Waals surface area contributed by atoms with Gasteiger partial charge >= 0.3 is 0 Å². The lowest BCUT2D eigenvalue weighted by Gasteiger charge is -2.29. The average Bonchev–Trinajstić information content (AvgIpc) is 2.42. The Kier molecular flexibility index (Phi) is 1.95. The summed E-state index contributed by atoms with van der Waals surface area (Å²) in [5.41, 5.74) is 3.05. The molecule has 1 aliphatic carbocycles. The maximum Gasteiger partial charge on any atom is 0.0575 e. The highest BCUT2D eigenvalue weighted by Gasteiger charge is 2.30. The predicted molar refractivity (Wildman–Crippen MR) is 57.9 cm³/mol. The Balaban J connectivity index is 1.92. The molecule has 0 spiro atoms. The maximum atomic E-state index is 3.45. The Morgan fingerprint density at radius 3 is 3.36 bits per heavy atom. The quantitative estimate of drug-likeness (QED) is 0.618. The molecule has 1 saturated heterocycles. The van der Waals surface area contributed by atoms with Crippen LogP contribution in [0.3, 0.4) is 0 Å². The molecule has 2 heteroatoms. The molecular formula is C12H16N2. The second-order valence-corrected chi connectivity index (χ2v) is 4.18. The summed E-state index contributed by atoms with van der Waals surface area (Å²) >= 11 is 0. The van der Waals surface area contributed by atoms with Crippen LogP contribution in [0.4, 0.5) is 0 Å². The van der Waals surface area contributed by atoms with Crippen molar-refractivity contribution in [1.82, 2.24) is 10.2 Å². The fraction of sp³-hybridized carbons (Fsp3) is 0.500. The summed E-state index contributed by atoms with van der Waals surface area (Å²) < 4.78 is 0. The minimum atomic E-state index is 0.648. The Hall–Kier alpha value is -1.02. The van der Waals surface area contributed by atoms with Crippen molar-refractivity contribution in [2.75, 3.05) is 19.6 Å². The highest BCUT2D eigenvalue weighted by atomic mass is 15.2. The third-order valence-corrected chi connectivity index (χ3v) is 3.33. The number of fused-ring (bicyclic) bond motifs is 3. The zero-order chi connectivity index (χ0) is 9.38. The third kappa shape index (κ3) is 1.22. The van der Waals surface area contributed by atoms with Crippen LogP contribution in [0.2, 0.25) is 0 Å². The van der Waals surface area contributed by atoms with E-state index in [0.29, 0.717) is 6.04 Å². The molecular weight excluding hydrogens is 172 g/mol. The van der Waals surface area contributed by atoms with Gasteiger partial charge in [-0.25, -0.2) is 0 Å². The fourth-order valence-corrected chi connectivity index (χ4v) is 2.62. The van der Waals surface area contributed by atoms with Crippen molar-refractivity contribution in [1.29, 1.82) is 0 Å².